The maximum absolute atomic E-state index is 5.96. The van der Waals surface area contributed by atoms with Gasteiger partial charge in [0.25, 0.3) is 0 Å². The lowest BCUT2D eigenvalue weighted by Crippen LogP contribution is -2.05. The second kappa shape index (κ2) is 4.07. The predicted molar refractivity (Wildman–Crippen MR) is 62.0 cm³/mol. The molecule has 2 rings (SSSR count). The third-order valence-corrected chi connectivity index (χ3v) is 2.72. The molecule has 0 heterocycles. The summed E-state index contributed by atoms with van der Waals surface area (Å²) in [5.74, 6) is 0.922. The van der Waals surface area contributed by atoms with Crippen LogP contribution in [-0.4, -0.2) is 6.61 Å². The van der Waals surface area contributed by atoms with Gasteiger partial charge in [-0.3, -0.25) is 0 Å². The summed E-state index contributed by atoms with van der Waals surface area (Å²) in [5, 5.41) is 0. The van der Waals surface area contributed by atoms with E-state index in [0.29, 0.717) is 6.61 Å². The van der Waals surface area contributed by atoms with Crippen LogP contribution in [0.25, 0.3) is 0 Å². The van der Waals surface area contributed by atoms with Crippen LogP contribution in [0.3, 0.4) is 0 Å². The van der Waals surface area contributed by atoms with E-state index in [1.807, 2.05) is 13.0 Å². The monoisotopic (exact) mass is 203 g/mol. The van der Waals surface area contributed by atoms with E-state index in [9.17, 15) is 0 Å². The van der Waals surface area contributed by atoms with Gasteiger partial charge in [-0.05, 0) is 48.6 Å². The molecule has 15 heavy (non-hydrogen) atoms. The van der Waals surface area contributed by atoms with Gasteiger partial charge >= 0.3 is 0 Å². The number of hydrogen-bond acceptors (Lipinski definition) is 2. The largest absolute Gasteiger partial charge is 0.489 e. The van der Waals surface area contributed by atoms with Gasteiger partial charge in [0.2, 0.25) is 0 Å². The Labute approximate surface area is 90.7 Å². The SMILES string of the molecule is C=C(C)COc1ccc2c(c1)CCC2N. The van der Waals surface area contributed by atoms with Crippen molar-refractivity contribution in [3.63, 3.8) is 0 Å². The van der Waals surface area contributed by atoms with Crippen molar-refractivity contribution < 1.29 is 4.74 Å². The first kappa shape index (κ1) is 10.2. The molecular weight excluding hydrogens is 186 g/mol. The minimum Gasteiger partial charge on any atom is -0.489 e. The zero-order valence-electron chi connectivity index (χ0n) is 9.12. The van der Waals surface area contributed by atoms with Crippen molar-refractivity contribution >= 4 is 0 Å². The van der Waals surface area contributed by atoms with Crippen LogP contribution in [-0.2, 0) is 6.42 Å². The molecule has 2 nitrogen and oxygen atoms in total. The summed E-state index contributed by atoms with van der Waals surface area (Å²) in [6, 6.07) is 6.40. The van der Waals surface area contributed by atoms with E-state index in [1.54, 1.807) is 0 Å². The van der Waals surface area contributed by atoms with E-state index >= 15 is 0 Å². The van der Waals surface area contributed by atoms with Crippen molar-refractivity contribution in [1.82, 2.24) is 0 Å². The number of rotatable bonds is 3. The molecule has 0 radical (unpaired) electrons. The Hall–Kier alpha value is -1.28. The van der Waals surface area contributed by atoms with Crippen molar-refractivity contribution in [2.24, 2.45) is 5.73 Å². The quantitative estimate of drug-likeness (QED) is 0.766. The summed E-state index contributed by atoms with van der Waals surface area (Å²) < 4.78 is 5.59. The third kappa shape index (κ3) is 2.21. The molecule has 1 aromatic rings. The number of nitrogens with two attached hydrogens (primary N) is 1. The van der Waals surface area contributed by atoms with E-state index in [0.717, 1.165) is 24.2 Å². The molecule has 0 spiro atoms. The fraction of sp³-hybridized carbons (Fsp3) is 0.385. The average molecular weight is 203 g/mol. The molecule has 80 valence electrons. The van der Waals surface area contributed by atoms with E-state index in [2.05, 4.69) is 18.7 Å². The van der Waals surface area contributed by atoms with Gasteiger partial charge in [0, 0.05) is 6.04 Å². The van der Waals surface area contributed by atoms with Crippen molar-refractivity contribution in [3.8, 4) is 5.75 Å². The van der Waals surface area contributed by atoms with Crippen LogP contribution in [0.5, 0.6) is 5.75 Å². The first-order valence-corrected chi connectivity index (χ1v) is 5.32. The summed E-state index contributed by atoms with van der Waals surface area (Å²) in [4.78, 5) is 0. The molecule has 0 bridgehead atoms. The molecule has 2 heteroatoms. The minimum absolute atomic E-state index is 0.218. The molecule has 1 aliphatic rings. The molecule has 1 aromatic carbocycles. The summed E-state index contributed by atoms with van der Waals surface area (Å²) in [5.41, 5.74) is 9.61. The third-order valence-electron chi connectivity index (χ3n) is 2.72. The second-order valence-electron chi connectivity index (χ2n) is 4.25. The molecule has 0 saturated heterocycles. The number of hydrogen-bond donors (Lipinski definition) is 1. The molecule has 0 fully saturated rings. The van der Waals surface area contributed by atoms with Crippen LogP contribution in [0.2, 0.25) is 0 Å². The van der Waals surface area contributed by atoms with Gasteiger partial charge in [0.15, 0.2) is 0 Å². The van der Waals surface area contributed by atoms with Gasteiger partial charge in [0.05, 0.1) is 0 Å². The van der Waals surface area contributed by atoms with E-state index in [4.69, 9.17) is 10.5 Å². The zero-order chi connectivity index (χ0) is 10.8. The lowest BCUT2D eigenvalue weighted by molar-refractivity contribution is 0.352. The Balaban J connectivity index is 2.12. The lowest BCUT2D eigenvalue weighted by Gasteiger charge is -2.09. The Bertz CT molecular complexity index is 384. The summed E-state index contributed by atoms with van der Waals surface area (Å²) >= 11 is 0. The Morgan fingerprint density at radius 2 is 2.40 bits per heavy atom. The smallest absolute Gasteiger partial charge is 0.120 e. The zero-order valence-corrected chi connectivity index (χ0v) is 9.12. The molecule has 0 aromatic heterocycles. The van der Waals surface area contributed by atoms with Crippen LogP contribution in [0.15, 0.2) is 30.4 Å². The van der Waals surface area contributed by atoms with Crippen molar-refractivity contribution in [2.75, 3.05) is 6.61 Å². The fourth-order valence-electron chi connectivity index (χ4n) is 1.92. The summed E-state index contributed by atoms with van der Waals surface area (Å²) in [6.07, 6.45) is 2.13. The van der Waals surface area contributed by atoms with Crippen molar-refractivity contribution in [3.05, 3.63) is 41.5 Å². The standard InChI is InChI=1S/C13H17NO/c1-9(2)8-15-11-4-5-12-10(7-11)3-6-13(12)14/h4-5,7,13H,1,3,6,8,14H2,2H3. The van der Waals surface area contributed by atoms with Crippen LogP contribution in [0.4, 0.5) is 0 Å². The first-order chi connectivity index (χ1) is 7.16. The van der Waals surface area contributed by atoms with Gasteiger partial charge in [-0.15, -0.1) is 0 Å². The fourth-order valence-corrected chi connectivity index (χ4v) is 1.92. The minimum atomic E-state index is 0.218. The predicted octanol–water partition coefficient (Wildman–Crippen LogP) is 2.59. The van der Waals surface area contributed by atoms with Crippen LogP contribution >= 0.6 is 0 Å². The van der Waals surface area contributed by atoms with Gasteiger partial charge in [-0.25, -0.2) is 0 Å². The Morgan fingerprint density at radius 1 is 1.60 bits per heavy atom. The molecule has 2 N–H and O–H groups in total. The van der Waals surface area contributed by atoms with Crippen molar-refractivity contribution in [1.29, 1.82) is 0 Å². The van der Waals surface area contributed by atoms with Crippen molar-refractivity contribution in [2.45, 2.75) is 25.8 Å². The molecule has 1 unspecified atom stereocenters. The average Bonchev–Trinajstić information content (AvgIpc) is 2.57. The maximum Gasteiger partial charge on any atom is 0.120 e. The van der Waals surface area contributed by atoms with Crippen LogP contribution < -0.4 is 10.5 Å². The van der Waals surface area contributed by atoms with Gasteiger partial charge in [-0.1, -0.05) is 12.6 Å². The topological polar surface area (TPSA) is 35.2 Å². The number of ether oxygens (including phenoxy) is 1. The van der Waals surface area contributed by atoms with E-state index < -0.39 is 0 Å². The second-order valence-corrected chi connectivity index (χ2v) is 4.25. The highest BCUT2D eigenvalue weighted by atomic mass is 16.5. The maximum atomic E-state index is 5.96. The lowest BCUT2D eigenvalue weighted by atomic mass is 10.1. The molecular formula is C13H17NO. The Morgan fingerprint density at radius 3 is 3.13 bits per heavy atom. The van der Waals surface area contributed by atoms with Gasteiger partial charge in [0.1, 0.15) is 12.4 Å². The number of aryl methyl sites for hydroxylation is 1. The summed E-state index contributed by atoms with van der Waals surface area (Å²) in [6.45, 7) is 6.36. The van der Waals surface area contributed by atoms with Crippen LogP contribution in [0.1, 0.15) is 30.5 Å². The van der Waals surface area contributed by atoms with E-state index in [1.165, 1.54) is 11.1 Å². The van der Waals surface area contributed by atoms with Gasteiger partial charge < -0.3 is 10.5 Å². The highest BCUT2D eigenvalue weighted by Crippen LogP contribution is 2.31. The van der Waals surface area contributed by atoms with Gasteiger partial charge in [-0.2, -0.15) is 0 Å². The normalized spacial score (nSPS) is 18.7. The molecule has 0 saturated carbocycles. The number of fused-ring (bicyclic) bond motifs is 1. The first-order valence-electron chi connectivity index (χ1n) is 5.32. The number of benzene rings is 1. The Kier molecular flexibility index (Phi) is 2.78. The summed E-state index contributed by atoms with van der Waals surface area (Å²) in [7, 11) is 0. The molecule has 1 atom stereocenters. The molecule has 0 amide bonds. The van der Waals surface area contributed by atoms with Crippen LogP contribution in [0, 0.1) is 0 Å². The highest BCUT2D eigenvalue weighted by molar-refractivity contribution is 5.40. The molecule has 1 aliphatic carbocycles. The molecule has 0 aliphatic heterocycles. The highest BCUT2D eigenvalue weighted by Gasteiger charge is 2.18. The van der Waals surface area contributed by atoms with E-state index in [-0.39, 0.29) is 6.04 Å².